The molecule has 5 rings (SSSR count). The Hall–Kier alpha value is -4.04. The molecule has 2 fully saturated rings. The molecular formula is C28H35N9O2. The Bertz CT molecular complexity index is 1390. The maximum atomic E-state index is 13.5. The summed E-state index contributed by atoms with van der Waals surface area (Å²) in [5.74, 6) is 1.03. The summed E-state index contributed by atoms with van der Waals surface area (Å²) in [7, 11) is 0. The first-order valence-corrected chi connectivity index (χ1v) is 13.4. The number of aromatic nitrogens is 4. The van der Waals surface area contributed by atoms with Gasteiger partial charge in [-0.2, -0.15) is 5.26 Å². The number of hydrogen-bond acceptors (Lipinski definition) is 8. The van der Waals surface area contributed by atoms with Crippen LogP contribution in [0.25, 0.3) is 5.78 Å². The molecule has 0 bridgehead atoms. The van der Waals surface area contributed by atoms with Crippen molar-refractivity contribution in [1.82, 2.24) is 34.6 Å². The smallest absolute Gasteiger partial charge is 0.252 e. The predicted octanol–water partition coefficient (Wildman–Crippen LogP) is 2.39. The van der Waals surface area contributed by atoms with E-state index in [9.17, 15) is 14.9 Å². The SMILES string of the molecule is CC(C)(C)CN(NC(=O)CN1CCCC2(CCN(Cc3ccncc3)C2=O)C1)c1cc(C#N)nc2nccn12. The van der Waals surface area contributed by atoms with Gasteiger partial charge in [0, 0.05) is 57.0 Å². The zero-order valence-corrected chi connectivity index (χ0v) is 22.8. The van der Waals surface area contributed by atoms with Crippen LogP contribution in [0.15, 0.2) is 43.0 Å². The molecule has 2 aliphatic heterocycles. The summed E-state index contributed by atoms with van der Waals surface area (Å²) < 4.78 is 1.76. The van der Waals surface area contributed by atoms with Crippen LogP contribution in [0, 0.1) is 22.2 Å². The first-order valence-electron chi connectivity index (χ1n) is 13.4. The number of likely N-dealkylation sites (tertiary alicyclic amines) is 2. The predicted molar refractivity (Wildman–Crippen MR) is 145 cm³/mol. The fraction of sp³-hybridized carbons (Fsp3) is 0.500. The number of nitrogens with zero attached hydrogens (tertiary/aromatic N) is 8. The molecule has 3 aromatic rings. The monoisotopic (exact) mass is 529 g/mol. The molecule has 2 saturated heterocycles. The quantitative estimate of drug-likeness (QED) is 0.463. The summed E-state index contributed by atoms with van der Waals surface area (Å²) in [6, 6.07) is 7.63. The number of amides is 2. The standard InChI is InChI=1S/C28H35N9O2/c1-27(2,3)19-37(24-15-22(16-29)32-26-31-11-14-36(24)26)33-23(38)18-34-12-4-7-28(20-34)8-13-35(25(28)39)17-21-5-9-30-10-6-21/h5-6,9-11,14-15H,4,7-8,12-13,17-20H2,1-3H3,(H,33,38). The van der Waals surface area contributed by atoms with Crippen molar-refractivity contribution in [3.63, 3.8) is 0 Å². The van der Waals surface area contributed by atoms with Crippen molar-refractivity contribution in [2.24, 2.45) is 10.8 Å². The Morgan fingerprint density at radius 1 is 1.21 bits per heavy atom. The number of fused-ring (bicyclic) bond motifs is 1. The van der Waals surface area contributed by atoms with Gasteiger partial charge in [-0.25, -0.2) is 9.97 Å². The van der Waals surface area contributed by atoms with Gasteiger partial charge in [-0.3, -0.25) is 34.3 Å². The first-order chi connectivity index (χ1) is 18.7. The van der Waals surface area contributed by atoms with E-state index in [2.05, 4.69) is 52.1 Å². The fourth-order valence-corrected chi connectivity index (χ4v) is 5.69. The summed E-state index contributed by atoms with van der Waals surface area (Å²) in [4.78, 5) is 43.5. The highest BCUT2D eigenvalue weighted by Gasteiger charge is 2.48. The number of carbonyl (C=O) groups excluding carboxylic acids is 2. The van der Waals surface area contributed by atoms with E-state index in [0.29, 0.717) is 31.2 Å². The number of hydrazine groups is 1. The van der Waals surface area contributed by atoms with Crippen LogP contribution >= 0.6 is 0 Å². The molecule has 1 unspecified atom stereocenters. The van der Waals surface area contributed by atoms with Crippen molar-refractivity contribution in [3.05, 3.63) is 54.2 Å². The summed E-state index contributed by atoms with van der Waals surface area (Å²) in [6.07, 6.45) is 9.41. The van der Waals surface area contributed by atoms with Gasteiger partial charge in [-0.05, 0) is 48.9 Å². The van der Waals surface area contributed by atoms with E-state index in [4.69, 9.17) is 0 Å². The van der Waals surface area contributed by atoms with Gasteiger partial charge in [0.2, 0.25) is 11.7 Å². The normalized spacial score (nSPS) is 19.9. The number of nitriles is 1. The summed E-state index contributed by atoms with van der Waals surface area (Å²) in [5, 5.41) is 11.3. The van der Waals surface area contributed by atoms with Gasteiger partial charge in [0.15, 0.2) is 0 Å². The average Bonchev–Trinajstić information content (AvgIpc) is 3.48. The Morgan fingerprint density at radius 3 is 2.74 bits per heavy atom. The molecule has 0 saturated carbocycles. The molecule has 2 amide bonds. The van der Waals surface area contributed by atoms with Crippen LogP contribution in [-0.4, -0.2) is 73.7 Å². The lowest BCUT2D eigenvalue weighted by Crippen LogP contribution is -2.53. The molecule has 0 radical (unpaired) electrons. The number of nitrogens with one attached hydrogen (secondary N) is 1. The van der Waals surface area contributed by atoms with Gasteiger partial charge in [-0.1, -0.05) is 20.8 Å². The molecule has 0 aliphatic carbocycles. The number of imidazole rings is 1. The molecule has 39 heavy (non-hydrogen) atoms. The molecule has 0 aromatic carbocycles. The molecule has 11 nitrogen and oxygen atoms in total. The lowest BCUT2D eigenvalue weighted by Gasteiger charge is -2.39. The van der Waals surface area contributed by atoms with E-state index in [1.807, 2.05) is 17.0 Å². The molecule has 1 N–H and O–H groups in total. The molecule has 11 heteroatoms. The Kier molecular flexibility index (Phi) is 7.23. The lowest BCUT2D eigenvalue weighted by molar-refractivity contribution is -0.140. The molecule has 3 aromatic heterocycles. The van der Waals surface area contributed by atoms with Crippen LogP contribution in [0.2, 0.25) is 0 Å². The fourth-order valence-electron chi connectivity index (χ4n) is 5.69. The highest BCUT2D eigenvalue weighted by atomic mass is 16.2. The summed E-state index contributed by atoms with van der Waals surface area (Å²) >= 11 is 0. The third kappa shape index (κ3) is 5.86. The van der Waals surface area contributed by atoms with Crippen LogP contribution in [0.5, 0.6) is 0 Å². The van der Waals surface area contributed by atoms with Gasteiger partial charge in [0.1, 0.15) is 17.6 Å². The Morgan fingerprint density at radius 2 is 2.00 bits per heavy atom. The number of piperidine rings is 1. The zero-order valence-electron chi connectivity index (χ0n) is 22.8. The van der Waals surface area contributed by atoms with E-state index in [-0.39, 0.29) is 29.5 Å². The topological polar surface area (TPSA) is 123 Å². The maximum Gasteiger partial charge on any atom is 0.252 e. The van der Waals surface area contributed by atoms with E-state index in [1.54, 1.807) is 40.3 Å². The maximum absolute atomic E-state index is 13.5. The number of hydrogen-bond donors (Lipinski definition) is 1. The van der Waals surface area contributed by atoms with Crippen molar-refractivity contribution in [2.75, 3.05) is 37.7 Å². The molecular weight excluding hydrogens is 494 g/mol. The number of rotatable bonds is 7. The van der Waals surface area contributed by atoms with Crippen LogP contribution in [-0.2, 0) is 16.1 Å². The van der Waals surface area contributed by atoms with E-state index < -0.39 is 5.41 Å². The summed E-state index contributed by atoms with van der Waals surface area (Å²) in [5.41, 5.74) is 3.78. The van der Waals surface area contributed by atoms with Gasteiger partial charge < -0.3 is 4.90 Å². The average molecular weight is 530 g/mol. The van der Waals surface area contributed by atoms with Gasteiger partial charge in [-0.15, -0.1) is 0 Å². The minimum atomic E-state index is -0.438. The van der Waals surface area contributed by atoms with E-state index in [0.717, 1.165) is 37.9 Å². The largest absolute Gasteiger partial charge is 0.338 e. The van der Waals surface area contributed by atoms with Crippen LogP contribution in [0.1, 0.15) is 51.3 Å². The third-order valence-corrected chi connectivity index (χ3v) is 7.38. The number of carbonyl (C=O) groups is 2. The third-order valence-electron chi connectivity index (χ3n) is 7.38. The minimum Gasteiger partial charge on any atom is -0.338 e. The second-order valence-electron chi connectivity index (χ2n) is 11.8. The highest BCUT2D eigenvalue weighted by Crippen LogP contribution is 2.40. The zero-order chi connectivity index (χ0) is 27.6. The van der Waals surface area contributed by atoms with E-state index in [1.165, 1.54) is 0 Å². The number of pyridine rings is 1. The van der Waals surface area contributed by atoms with Crippen molar-refractivity contribution < 1.29 is 9.59 Å². The summed E-state index contributed by atoms with van der Waals surface area (Å²) in [6.45, 7) is 9.60. The minimum absolute atomic E-state index is 0.153. The van der Waals surface area contributed by atoms with Crippen molar-refractivity contribution in [3.8, 4) is 6.07 Å². The van der Waals surface area contributed by atoms with Gasteiger partial charge >= 0.3 is 0 Å². The highest BCUT2D eigenvalue weighted by molar-refractivity contribution is 5.85. The first kappa shape index (κ1) is 26.6. The second-order valence-corrected chi connectivity index (χ2v) is 11.8. The van der Waals surface area contributed by atoms with Crippen LogP contribution in [0.3, 0.4) is 0 Å². The van der Waals surface area contributed by atoms with Crippen LogP contribution in [0.4, 0.5) is 5.82 Å². The van der Waals surface area contributed by atoms with Gasteiger partial charge in [0.05, 0.1) is 12.0 Å². The molecule has 2 aliphatic rings. The Labute approximate surface area is 228 Å². The van der Waals surface area contributed by atoms with Crippen molar-refractivity contribution in [2.45, 2.75) is 46.6 Å². The van der Waals surface area contributed by atoms with Crippen LogP contribution < -0.4 is 10.4 Å². The van der Waals surface area contributed by atoms with Crippen molar-refractivity contribution in [1.29, 1.82) is 5.26 Å². The van der Waals surface area contributed by atoms with E-state index >= 15 is 0 Å². The van der Waals surface area contributed by atoms with Gasteiger partial charge in [0.25, 0.3) is 5.91 Å². The number of anilines is 1. The molecule has 1 atom stereocenters. The second kappa shape index (κ2) is 10.6. The molecule has 204 valence electrons. The Balaban J connectivity index is 1.28. The lowest BCUT2D eigenvalue weighted by atomic mass is 9.78. The van der Waals surface area contributed by atoms with Crippen molar-refractivity contribution >= 4 is 23.4 Å². The molecule has 5 heterocycles. The molecule has 1 spiro atoms.